The van der Waals surface area contributed by atoms with Crippen LogP contribution in [0.15, 0.2) is 49.1 Å². The second-order valence-electron chi connectivity index (χ2n) is 6.24. The van der Waals surface area contributed by atoms with Gasteiger partial charge in [0.25, 0.3) is 5.91 Å². The number of imidazole rings is 1. The van der Waals surface area contributed by atoms with E-state index in [1.165, 1.54) is 0 Å². The summed E-state index contributed by atoms with van der Waals surface area (Å²) in [5, 5.41) is 0. The fraction of sp³-hybridized carbons (Fsp3) is 0.300. The van der Waals surface area contributed by atoms with Gasteiger partial charge in [0, 0.05) is 37.9 Å². The molecule has 0 aliphatic heterocycles. The van der Waals surface area contributed by atoms with Crippen LogP contribution in [0, 0.1) is 6.92 Å². The first kappa shape index (κ1) is 18.6. The molecule has 0 saturated carbocycles. The quantitative estimate of drug-likeness (QED) is 0.601. The summed E-state index contributed by atoms with van der Waals surface area (Å²) in [4.78, 5) is 34.9. The Morgan fingerprint density at radius 1 is 1.30 bits per heavy atom. The lowest BCUT2D eigenvalue weighted by atomic mass is 10.2. The van der Waals surface area contributed by atoms with Gasteiger partial charge in [-0.3, -0.25) is 14.6 Å². The number of pyridine rings is 2. The zero-order chi connectivity index (χ0) is 19.2. The van der Waals surface area contributed by atoms with Crippen LogP contribution < -0.4 is 0 Å². The molecule has 27 heavy (non-hydrogen) atoms. The average Bonchev–Trinajstić information content (AvgIpc) is 3.08. The molecule has 3 aromatic rings. The highest BCUT2D eigenvalue weighted by Crippen LogP contribution is 2.13. The summed E-state index contributed by atoms with van der Waals surface area (Å²) in [6, 6.07) is 7.58. The zero-order valence-electron chi connectivity index (χ0n) is 15.5. The molecule has 0 bridgehead atoms. The van der Waals surface area contributed by atoms with E-state index in [9.17, 15) is 9.59 Å². The van der Waals surface area contributed by atoms with Crippen LogP contribution in [0.25, 0.3) is 5.65 Å². The fourth-order valence-electron chi connectivity index (χ4n) is 2.77. The van der Waals surface area contributed by atoms with E-state index in [0.717, 1.165) is 11.1 Å². The van der Waals surface area contributed by atoms with Gasteiger partial charge in [-0.2, -0.15) is 0 Å². The van der Waals surface area contributed by atoms with Crippen LogP contribution in [-0.4, -0.2) is 44.3 Å². The van der Waals surface area contributed by atoms with E-state index in [4.69, 9.17) is 4.74 Å². The first-order valence-corrected chi connectivity index (χ1v) is 8.86. The largest absolute Gasteiger partial charge is 0.466 e. The topological polar surface area (TPSA) is 76.8 Å². The number of rotatable bonds is 7. The summed E-state index contributed by atoms with van der Waals surface area (Å²) in [5.41, 5.74) is 3.01. The minimum Gasteiger partial charge on any atom is -0.466 e. The van der Waals surface area contributed by atoms with Gasteiger partial charge in [0.1, 0.15) is 11.3 Å². The molecule has 0 aliphatic carbocycles. The van der Waals surface area contributed by atoms with E-state index in [0.29, 0.717) is 24.5 Å². The van der Waals surface area contributed by atoms with Crippen molar-refractivity contribution in [1.29, 1.82) is 0 Å². The Morgan fingerprint density at radius 2 is 2.15 bits per heavy atom. The maximum absolute atomic E-state index is 13.1. The van der Waals surface area contributed by atoms with Crippen molar-refractivity contribution in [3.8, 4) is 0 Å². The first-order valence-electron chi connectivity index (χ1n) is 8.86. The molecule has 3 aromatic heterocycles. The van der Waals surface area contributed by atoms with Gasteiger partial charge < -0.3 is 14.0 Å². The lowest BCUT2D eigenvalue weighted by Crippen LogP contribution is -2.33. The van der Waals surface area contributed by atoms with E-state index in [2.05, 4.69) is 9.97 Å². The number of carbonyl (C=O) groups excluding carboxylic acids is 2. The Balaban J connectivity index is 1.82. The standard InChI is InChI=1S/C20H22N4O3/c1-3-27-19(25)7-10-24(13-16-5-4-8-21-12-16)20(26)17-14-23-9-6-15(2)11-18(23)22-17/h4-6,8-9,11-12,14H,3,7,10,13H2,1-2H3. The minimum absolute atomic E-state index is 0.131. The van der Waals surface area contributed by atoms with Crippen molar-refractivity contribution in [3.05, 3.63) is 65.9 Å². The molecular weight excluding hydrogens is 344 g/mol. The molecule has 0 atom stereocenters. The highest BCUT2D eigenvalue weighted by atomic mass is 16.5. The third-order valence-electron chi connectivity index (χ3n) is 4.11. The number of aryl methyl sites for hydroxylation is 1. The molecule has 0 aliphatic rings. The van der Waals surface area contributed by atoms with Crippen LogP contribution in [0.1, 0.15) is 35.0 Å². The maximum Gasteiger partial charge on any atom is 0.307 e. The van der Waals surface area contributed by atoms with Crippen molar-refractivity contribution in [2.75, 3.05) is 13.2 Å². The summed E-state index contributed by atoms with van der Waals surface area (Å²) >= 11 is 0. The predicted molar refractivity (Wildman–Crippen MR) is 100 cm³/mol. The summed E-state index contributed by atoms with van der Waals surface area (Å²) in [5.74, 6) is -0.559. The Kier molecular flexibility index (Phi) is 5.80. The molecule has 3 rings (SSSR count). The van der Waals surface area contributed by atoms with Crippen molar-refractivity contribution in [1.82, 2.24) is 19.3 Å². The van der Waals surface area contributed by atoms with Gasteiger partial charge in [-0.1, -0.05) is 6.07 Å². The number of hydrogen-bond donors (Lipinski definition) is 0. The molecule has 7 heteroatoms. The second kappa shape index (κ2) is 8.44. The monoisotopic (exact) mass is 366 g/mol. The number of nitrogens with zero attached hydrogens (tertiary/aromatic N) is 4. The highest BCUT2D eigenvalue weighted by Gasteiger charge is 2.20. The molecule has 0 fully saturated rings. The molecule has 0 radical (unpaired) electrons. The van der Waals surface area contributed by atoms with Gasteiger partial charge in [-0.25, -0.2) is 4.98 Å². The first-order chi connectivity index (χ1) is 13.1. The van der Waals surface area contributed by atoms with E-state index in [-0.39, 0.29) is 24.8 Å². The molecule has 0 N–H and O–H groups in total. The molecule has 0 spiro atoms. The summed E-state index contributed by atoms with van der Waals surface area (Å²) in [6.07, 6.45) is 7.10. The predicted octanol–water partition coefficient (Wildman–Crippen LogP) is 2.63. The van der Waals surface area contributed by atoms with Crippen molar-refractivity contribution < 1.29 is 14.3 Å². The lowest BCUT2D eigenvalue weighted by Gasteiger charge is -2.21. The fourth-order valence-corrected chi connectivity index (χ4v) is 2.77. The van der Waals surface area contributed by atoms with Crippen molar-refractivity contribution in [2.24, 2.45) is 0 Å². The van der Waals surface area contributed by atoms with Gasteiger partial charge >= 0.3 is 5.97 Å². The molecule has 7 nitrogen and oxygen atoms in total. The van der Waals surface area contributed by atoms with E-state index in [1.807, 2.05) is 41.8 Å². The molecular formula is C20H22N4O3. The van der Waals surface area contributed by atoms with Crippen LogP contribution in [0.3, 0.4) is 0 Å². The molecule has 3 heterocycles. The average molecular weight is 366 g/mol. The third-order valence-corrected chi connectivity index (χ3v) is 4.11. The Morgan fingerprint density at radius 3 is 2.89 bits per heavy atom. The van der Waals surface area contributed by atoms with E-state index >= 15 is 0 Å². The molecule has 0 aromatic carbocycles. The smallest absolute Gasteiger partial charge is 0.307 e. The van der Waals surface area contributed by atoms with Crippen LogP contribution in [-0.2, 0) is 16.1 Å². The summed E-state index contributed by atoms with van der Waals surface area (Å²) < 4.78 is 6.79. The normalized spacial score (nSPS) is 10.7. The van der Waals surface area contributed by atoms with Crippen LogP contribution in [0.5, 0.6) is 0 Å². The number of amides is 1. The van der Waals surface area contributed by atoms with E-state index < -0.39 is 0 Å². The number of carbonyl (C=O) groups is 2. The molecule has 0 unspecified atom stereocenters. The van der Waals surface area contributed by atoms with Crippen LogP contribution in [0.2, 0.25) is 0 Å². The minimum atomic E-state index is -0.327. The Hall–Kier alpha value is -3.22. The third kappa shape index (κ3) is 4.69. The van der Waals surface area contributed by atoms with Crippen molar-refractivity contribution in [2.45, 2.75) is 26.8 Å². The Bertz CT molecular complexity index is 937. The Labute approximate surface area is 157 Å². The molecule has 1 amide bonds. The molecule has 140 valence electrons. The van der Waals surface area contributed by atoms with Gasteiger partial charge in [-0.05, 0) is 43.2 Å². The van der Waals surface area contributed by atoms with Crippen molar-refractivity contribution >= 4 is 17.5 Å². The molecule has 0 saturated heterocycles. The van der Waals surface area contributed by atoms with E-state index in [1.54, 1.807) is 30.4 Å². The number of aromatic nitrogens is 3. The van der Waals surface area contributed by atoms with Crippen LogP contribution >= 0.6 is 0 Å². The van der Waals surface area contributed by atoms with Gasteiger partial charge in [0.05, 0.1) is 13.0 Å². The van der Waals surface area contributed by atoms with Crippen LogP contribution in [0.4, 0.5) is 0 Å². The van der Waals surface area contributed by atoms with Gasteiger partial charge in [0.2, 0.25) is 0 Å². The number of ether oxygens (including phenoxy) is 1. The lowest BCUT2D eigenvalue weighted by molar-refractivity contribution is -0.143. The zero-order valence-corrected chi connectivity index (χ0v) is 15.5. The maximum atomic E-state index is 13.1. The number of esters is 1. The van der Waals surface area contributed by atoms with Gasteiger partial charge in [0.15, 0.2) is 0 Å². The van der Waals surface area contributed by atoms with Gasteiger partial charge in [-0.15, -0.1) is 0 Å². The SMILES string of the molecule is CCOC(=O)CCN(Cc1cccnc1)C(=O)c1cn2ccc(C)cc2n1. The second-order valence-corrected chi connectivity index (χ2v) is 6.24. The summed E-state index contributed by atoms with van der Waals surface area (Å²) in [6.45, 7) is 4.65. The number of hydrogen-bond acceptors (Lipinski definition) is 5. The highest BCUT2D eigenvalue weighted by molar-refractivity contribution is 5.93. The number of fused-ring (bicyclic) bond motifs is 1. The van der Waals surface area contributed by atoms with Crippen molar-refractivity contribution in [3.63, 3.8) is 0 Å². The summed E-state index contributed by atoms with van der Waals surface area (Å²) in [7, 11) is 0.